The number of benzene rings is 2. The topological polar surface area (TPSA) is 192 Å². The number of aromatic amines is 1. The predicted molar refractivity (Wildman–Crippen MR) is 176 cm³/mol. The molecule has 0 radical (unpaired) electrons. The minimum absolute atomic E-state index is 0.0933. The second kappa shape index (κ2) is 20.6. The molecule has 19 heteroatoms. The summed E-state index contributed by atoms with van der Waals surface area (Å²) < 4.78 is 64.3. The summed E-state index contributed by atoms with van der Waals surface area (Å²) in [6, 6.07) is 13.3. The number of aliphatic hydroxyl groups is 1. The molecule has 1 amide bonds. The van der Waals surface area contributed by atoms with Crippen LogP contribution in [0.3, 0.4) is 0 Å². The zero-order valence-electron chi connectivity index (χ0n) is 27.2. The van der Waals surface area contributed by atoms with E-state index in [1.807, 2.05) is 36.4 Å². The molecule has 1 heterocycles. The molecular formula is C32H40F6N4O8S. The van der Waals surface area contributed by atoms with Gasteiger partial charge in [0, 0.05) is 38.6 Å². The highest BCUT2D eigenvalue weighted by molar-refractivity contribution is 7.16. The van der Waals surface area contributed by atoms with Crippen LogP contribution in [0, 0.1) is 0 Å². The van der Waals surface area contributed by atoms with Crippen LogP contribution in [0.15, 0.2) is 47.3 Å². The summed E-state index contributed by atoms with van der Waals surface area (Å²) in [4.78, 5) is 47.3. The number of rotatable bonds is 13. The van der Waals surface area contributed by atoms with Crippen molar-refractivity contribution < 1.29 is 61.2 Å². The Balaban J connectivity index is 0.000000543. The number of carbonyl (C=O) groups is 3. The second-order valence-electron chi connectivity index (χ2n) is 11.3. The van der Waals surface area contributed by atoms with E-state index >= 15 is 0 Å². The molecule has 0 spiro atoms. The van der Waals surface area contributed by atoms with Gasteiger partial charge in [-0.2, -0.15) is 26.3 Å². The van der Waals surface area contributed by atoms with Crippen molar-refractivity contribution in [2.24, 2.45) is 0 Å². The summed E-state index contributed by atoms with van der Waals surface area (Å²) in [6.07, 6.45) is -3.92. The van der Waals surface area contributed by atoms with Gasteiger partial charge in [0.05, 0.1) is 10.8 Å². The Morgan fingerprint density at radius 1 is 0.882 bits per heavy atom. The van der Waals surface area contributed by atoms with Crippen LogP contribution in [0.5, 0.6) is 5.75 Å². The number of hydrogen-bond acceptors (Lipinski definition) is 9. The van der Waals surface area contributed by atoms with Crippen LogP contribution in [0.2, 0.25) is 0 Å². The number of phenolic OH excluding ortho intramolecular Hbond substituents is 1. The number of carboxylic acids is 2. The number of aromatic hydroxyl groups is 1. The largest absolute Gasteiger partial charge is 0.506 e. The lowest BCUT2D eigenvalue weighted by Crippen LogP contribution is -2.45. The van der Waals surface area contributed by atoms with Crippen molar-refractivity contribution in [1.29, 1.82) is 0 Å². The number of carbonyl (C=O) groups excluding carboxylic acids is 1. The average molecular weight is 755 g/mol. The van der Waals surface area contributed by atoms with Crippen molar-refractivity contribution in [1.82, 2.24) is 20.5 Å². The number of phenols is 1. The number of thiazole rings is 1. The number of H-pyrrole nitrogens is 1. The number of halogens is 6. The first-order valence-corrected chi connectivity index (χ1v) is 16.6. The molecule has 1 atom stereocenters. The van der Waals surface area contributed by atoms with Crippen molar-refractivity contribution in [2.75, 3.05) is 32.7 Å². The van der Waals surface area contributed by atoms with Gasteiger partial charge >= 0.3 is 29.2 Å². The van der Waals surface area contributed by atoms with Crippen LogP contribution in [0.4, 0.5) is 26.3 Å². The smallest absolute Gasteiger partial charge is 0.490 e. The first-order chi connectivity index (χ1) is 23.9. The Morgan fingerprint density at radius 3 is 2.04 bits per heavy atom. The fourth-order valence-corrected chi connectivity index (χ4v) is 5.99. The quantitative estimate of drug-likeness (QED) is 0.0961. The van der Waals surface area contributed by atoms with Crippen LogP contribution in [-0.4, -0.2) is 99.3 Å². The number of carboxylic acid groups (broad SMARTS) is 2. The van der Waals surface area contributed by atoms with Crippen molar-refractivity contribution in [3.63, 3.8) is 0 Å². The number of amides is 1. The number of nitrogens with one attached hydrogen (secondary N) is 3. The molecule has 0 bridgehead atoms. The lowest BCUT2D eigenvalue weighted by atomic mass is 9.94. The van der Waals surface area contributed by atoms with Gasteiger partial charge < -0.3 is 40.9 Å². The molecule has 1 aliphatic rings. The van der Waals surface area contributed by atoms with Crippen LogP contribution in [0.25, 0.3) is 10.2 Å². The molecule has 1 fully saturated rings. The molecule has 51 heavy (non-hydrogen) atoms. The zero-order valence-corrected chi connectivity index (χ0v) is 28.0. The highest BCUT2D eigenvalue weighted by Gasteiger charge is 2.39. The van der Waals surface area contributed by atoms with E-state index in [1.54, 1.807) is 6.07 Å². The van der Waals surface area contributed by atoms with E-state index in [0.29, 0.717) is 44.2 Å². The summed E-state index contributed by atoms with van der Waals surface area (Å²) in [5.41, 5.74) is 2.40. The lowest BCUT2D eigenvalue weighted by Gasteiger charge is -2.34. The van der Waals surface area contributed by atoms with Crippen LogP contribution in [0.1, 0.15) is 55.8 Å². The molecular weight excluding hydrogens is 714 g/mol. The highest BCUT2D eigenvalue weighted by Crippen LogP contribution is 2.28. The Bertz CT molecular complexity index is 1570. The van der Waals surface area contributed by atoms with Crippen molar-refractivity contribution >= 4 is 39.4 Å². The maximum Gasteiger partial charge on any atom is 0.490 e. The van der Waals surface area contributed by atoms with E-state index in [-0.39, 0.29) is 16.5 Å². The molecule has 2 aromatic carbocycles. The molecule has 284 valence electrons. The minimum atomic E-state index is -5.08. The number of aromatic nitrogens is 1. The SMILES string of the molecule is O=C(CCNC[C@H](O)c1ccccc1)N(CCNCCc1ccc(O)c2[nH]c(=O)sc12)C1CCCCC1.O=C(O)C(F)(F)F.O=C(O)C(F)(F)F. The number of hydrogen-bond donors (Lipinski definition) is 7. The van der Waals surface area contributed by atoms with E-state index in [4.69, 9.17) is 19.8 Å². The standard InChI is InChI=1S/C28H38N4O4S.2C2HF3O2/c33-23-12-11-21(27-26(23)31-28(36)37-27)13-15-29-17-18-32(22-9-5-2-6-10-22)25(35)14-16-30-19-24(34)20-7-3-1-4-8-20;2*3-2(4,5)1(6)7/h1,3-4,7-8,11-12,22,24,29-30,33-34H,2,5-6,9-10,13-19H2,(H,31,36);2*(H,6,7)/t24-;;/m0../s1. The number of nitrogens with zero attached hydrogens (tertiary/aromatic N) is 1. The van der Waals surface area contributed by atoms with Gasteiger partial charge in [0.25, 0.3) is 0 Å². The van der Waals surface area contributed by atoms with Crippen LogP contribution >= 0.6 is 11.3 Å². The number of aliphatic hydroxyl groups excluding tert-OH is 1. The Labute approximate surface area is 292 Å². The molecule has 0 aliphatic heterocycles. The molecule has 0 saturated heterocycles. The molecule has 1 saturated carbocycles. The lowest BCUT2D eigenvalue weighted by molar-refractivity contribution is -0.193. The van der Waals surface area contributed by atoms with Gasteiger partial charge in [-0.05, 0) is 43.0 Å². The van der Waals surface area contributed by atoms with Crippen molar-refractivity contribution in [2.45, 2.75) is 69.4 Å². The van der Waals surface area contributed by atoms with E-state index in [2.05, 4.69) is 20.5 Å². The number of fused-ring (bicyclic) bond motifs is 1. The fourth-order valence-electron chi connectivity index (χ4n) is 5.09. The zero-order chi connectivity index (χ0) is 38.2. The van der Waals surface area contributed by atoms with Gasteiger partial charge in [0.15, 0.2) is 0 Å². The maximum absolute atomic E-state index is 13.2. The summed E-state index contributed by atoms with van der Waals surface area (Å²) in [5, 5.41) is 41.2. The Morgan fingerprint density at radius 2 is 1.47 bits per heavy atom. The Hall–Kier alpha value is -4.20. The van der Waals surface area contributed by atoms with Gasteiger partial charge in [-0.25, -0.2) is 9.59 Å². The van der Waals surface area contributed by atoms with Gasteiger partial charge in [-0.15, -0.1) is 0 Å². The third-order valence-electron chi connectivity index (χ3n) is 7.60. The fraction of sp³-hybridized carbons (Fsp3) is 0.500. The summed E-state index contributed by atoms with van der Waals surface area (Å²) in [6.45, 7) is 3.04. The average Bonchev–Trinajstić information content (AvgIpc) is 3.48. The van der Waals surface area contributed by atoms with Crippen LogP contribution in [-0.2, 0) is 20.8 Å². The predicted octanol–water partition coefficient (Wildman–Crippen LogP) is 4.57. The van der Waals surface area contributed by atoms with Gasteiger partial charge in [-0.3, -0.25) is 9.59 Å². The van der Waals surface area contributed by atoms with E-state index in [0.717, 1.165) is 53.0 Å². The minimum Gasteiger partial charge on any atom is -0.506 e. The molecule has 1 aromatic heterocycles. The van der Waals surface area contributed by atoms with Crippen molar-refractivity contribution in [3.8, 4) is 5.75 Å². The van der Waals surface area contributed by atoms with E-state index < -0.39 is 30.4 Å². The molecule has 12 nitrogen and oxygen atoms in total. The van der Waals surface area contributed by atoms with E-state index in [1.165, 1.54) is 19.3 Å². The van der Waals surface area contributed by atoms with E-state index in [9.17, 15) is 46.1 Å². The van der Waals surface area contributed by atoms with Crippen LogP contribution < -0.4 is 15.5 Å². The normalized spacial score (nSPS) is 14.1. The summed E-state index contributed by atoms with van der Waals surface area (Å²) in [5.74, 6) is -5.26. The monoisotopic (exact) mass is 754 g/mol. The molecule has 3 aromatic rings. The third-order valence-corrected chi connectivity index (χ3v) is 8.56. The first kappa shape index (κ1) is 43.0. The van der Waals surface area contributed by atoms with Gasteiger partial charge in [0.2, 0.25) is 5.91 Å². The molecule has 4 rings (SSSR count). The van der Waals surface area contributed by atoms with Gasteiger partial charge in [0.1, 0.15) is 11.3 Å². The number of aliphatic carboxylic acids is 2. The molecule has 7 N–H and O–H groups in total. The molecule has 1 aliphatic carbocycles. The maximum atomic E-state index is 13.2. The first-order valence-electron chi connectivity index (χ1n) is 15.8. The Kier molecular flexibility index (Phi) is 17.4. The summed E-state index contributed by atoms with van der Waals surface area (Å²) >= 11 is 1.12. The van der Waals surface area contributed by atoms with Gasteiger partial charge in [-0.1, -0.05) is 67.0 Å². The molecule has 0 unspecified atom stereocenters. The van der Waals surface area contributed by atoms with Crippen molar-refractivity contribution in [3.05, 3.63) is 63.3 Å². The second-order valence-corrected chi connectivity index (χ2v) is 12.3. The summed E-state index contributed by atoms with van der Waals surface area (Å²) in [7, 11) is 0. The third kappa shape index (κ3) is 15.3. The number of alkyl halides is 6. The highest BCUT2D eigenvalue weighted by atomic mass is 32.1.